The van der Waals surface area contributed by atoms with Crippen LogP contribution in [0, 0.1) is 0 Å². The number of phosphoric ester groups is 1. The summed E-state index contributed by atoms with van der Waals surface area (Å²) in [6, 6.07) is 17.6. The maximum Gasteiger partial charge on any atom is 0.524 e. The third-order valence-corrected chi connectivity index (χ3v) is 8.06. The molecule has 0 aromatic heterocycles. The largest absolute Gasteiger partial charge is 0.524 e. The van der Waals surface area contributed by atoms with Gasteiger partial charge in [-0.1, -0.05) is 36.4 Å². The number of benzene rings is 3. The number of phenols is 2. The minimum Gasteiger partial charge on any atom is -0.508 e. The van der Waals surface area contributed by atoms with Crippen LogP contribution in [0.3, 0.4) is 0 Å². The van der Waals surface area contributed by atoms with Gasteiger partial charge in [-0.25, -0.2) is 9.13 Å². The Bertz CT molecular complexity index is 1630. The van der Waals surface area contributed by atoms with Crippen molar-refractivity contribution < 1.29 is 47.9 Å². The van der Waals surface area contributed by atoms with Crippen LogP contribution in [0.2, 0.25) is 0 Å². The number of hydrogen-bond acceptors (Lipinski definition) is 7. The summed E-state index contributed by atoms with van der Waals surface area (Å²) in [4.78, 5) is 41.0. The molecular weight excluding hydrogens is 596 g/mol. The van der Waals surface area contributed by atoms with E-state index in [-0.39, 0.29) is 35.2 Å². The quantitative estimate of drug-likeness (QED) is 0.122. The number of hydrogen-bond donors (Lipinski definition) is 6. The molecule has 0 heterocycles. The summed E-state index contributed by atoms with van der Waals surface area (Å²) in [7, 11) is -9.22. The molecule has 0 bridgehead atoms. The van der Waals surface area contributed by atoms with Crippen molar-refractivity contribution in [1.82, 2.24) is 5.09 Å². The van der Waals surface area contributed by atoms with Gasteiger partial charge in [0.2, 0.25) is 0 Å². The summed E-state index contributed by atoms with van der Waals surface area (Å²) in [6.45, 7) is 0. The fraction of sp³-hybridized carbons (Fsp3) is 0.233. The van der Waals surface area contributed by atoms with Crippen molar-refractivity contribution in [2.45, 2.75) is 44.9 Å². The lowest BCUT2D eigenvalue weighted by Crippen LogP contribution is -2.19. The van der Waals surface area contributed by atoms with Crippen LogP contribution < -0.4 is 14.1 Å². The summed E-state index contributed by atoms with van der Waals surface area (Å²) >= 11 is 0. The Morgan fingerprint density at radius 3 is 2.14 bits per heavy atom. The molecule has 1 unspecified atom stereocenters. The van der Waals surface area contributed by atoms with Gasteiger partial charge < -0.3 is 19.3 Å². The van der Waals surface area contributed by atoms with Gasteiger partial charge in [0.15, 0.2) is 5.78 Å². The first-order valence-electron chi connectivity index (χ1n) is 13.5. The maximum atomic E-state index is 13.1. The third kappa shape index (κ3) is 10.4. The molecule has 1 aliphatic carbocycles. The fourth-order valence-corrected chi connectivity index (χ4v) is 6.16. The van der Waals surface area contributed by atoms with E-state index in [1.165, 1.54) is 24.3 Å². The summed E-state index contributed by atoms with van der Waals surface area (Å²) in [5.41, 5.74) is 3.30. The first-order valence-corrected chi connectivity index (χ1v) is 16.6. The van der Waals surface area contributed by atoms with E-state index in [2.05, 4.69) is 5.09 Å². The molecule has 6 N–H and O–H groups in total. The number of carbonyl (C=O) groups is 1. The summed E-state index contributed by atoms with van der Waals surface area (Å²) < 4.78 is 34.5. The second kappa shape index (κ2) is 14.1. The lowest BCUT2D eigenvalue weighted by atomic mass is 9.97. The molecule has 1 aliphatic rings. The standard InChI is InChI=1S/C30H33NO10P2/c32-25-11-3-7-21(17-25)5-1-9-23-13-15-26(33)19-29(23)31-42(35,36)40-28-12-4-8-22(18-28)6-2-10-24-14-16-27(34)20-30(24)41-43(37,38)39/h3-4,7-8,11-18,20,32,34H,1-2,5-6,9-10,19H2,(H2,31,35,36)(H2,37,38,39). The SMILES string of the molecule is O=C1C=CC(CCCc2cccc(O)c2)=C(NP(=O)(O)Oc2cccc(CCCc3ccc(O)cc3OP(=O)(O)O)c2)C1. The Kier molecular flexibility index (Phi) is 10.5. The molecule has 43 heavy (non-hydrogen) atoms. The molecule has 0 spiro atoms. The highest BCUT2D eigenvalue weighted by Gasteiger charge is 2.26. The Morgan fingerprint density at radius 1 is 0.744 bits per heavy atom. The van der Waals surface area contributed by atoms with Crippen LogP contribution in [-0.4, -0.2) is 30.7 Å². The van der Waals surface area contributed by atoms with Gasteiger partial charge >= 0.3 is 15.6 Å². The zero-order valence-electron chi connectivity index (χ0n) is 23.1. The number of ketones is 1. The van der Waals surface area contributed by atoms with Crippen molar-refractivity contribution in [2.24, 2.45) is 0 Å². The summed E-state index contributed by atoms with van der Waals surface area (Å²) in [5.74, 6) is -0.173. The predicted octanol–water partition coefficient (Wildman–Crippen LogP) is 5.62. The van der Waals surface area contributed by atoms with Crippen LogP contribution in [0.5, 0.6) is 23.0 Å². The Morgan fingerprint density at radius 2 is 1.42 bits per heavy atom. The molecule has 0 saturated heterocycles. The van der Waals surface area contributed by atoms with Crippen LogP contribution in [0.15, 0.2) is 90.2 Å². The number of aromatic hydroxyl groups is 2. The Hall–Kier alpha value is -3.85. The predicted molar refractivity (Wildman–Crippen MR) is 160 cm³/mol. The van der Waals surface area contributed by atoms with Crippen LogP contribution in [0.4, 0.5) is 0 Å². The molecule has 13 heteroatoms. The molecular formula is C30H33NO10P2. The lowest BCUT2D eigenvalue weighted by Gasteiger charge is -2.21. The number of nitrogens with one attached hydrogen (secondary N) is 1. The van der Waals surface area contributed by atoms with Crippen LogP contribution in [-0.2, 0) is 33.2 Å². The molecule has 3 aromatic rings. The van der Waals surface area contributed by atoms with Gasteiger partial charge in [-0.05, 0) is 97.2 Å². The topological polar surface area (TPSA) is 183 Å². The van der Waals surface area contributed by atoms with Crippen molar-refractivity contribution in [3.05, 3.63) is 107 Å². The molecule has 1 atom stereocenters. The second-order valence-corrected chi connectivity index (χ2v) is 12.7. The molecule has 0 fully saturated rings. The average molecular weight is 630 g/mol. The normalized spacial score (nSPS) is 14.8. The van der Waals surface area contributed by atoms with Crippen LogP contribution >= 0.6 is 15.6 Å². The number of phenolic OH excluding ortho intramolecular Hbond substituents is 2. The summed E-state index contributed by atoms with van der Waals surface area (Å²) in [5, 5.41) is 21.9. The first kappa shape index (κ1) is 32.1. The number of rotatable bonds is 14. The number of allylic oxidation sites excluding steroid dienone is 4. The smallest absolute Gasteiger partial charge is 0.508 e. The first-order chi connectivity index (χ1) is 20.3. The van der Waals surface area contributed by atoms with Crippen LogP contribution in [0.1, 0.15) is 42.4 Å². The van der Waals surface area contributed by atoms with Crippen molar-refractivity contribution in [2.75, 3.05) is 0 Å². The molecule has 11 nitrogen and oxygen atoms in total. The molecule has 4 rings (SSSR count). The van der Waals surface area contributed by atoms with E-state index in [4.69, 9.17) is 18.8 Å². The lowest BCUT2D eigenvalue weighted by molar-refractivity contribution is -0.114. The number of aryl methyl sites for hydroxylation is 3. The molecule has 0 amide bonds. The highest BCUT2D eigenvalue weighted by atomic mass is 31.2. The van der Waals surface area contributed by atoms with Gasteiger partial charge in [0.25, 0.3) is 0 Å². The second-order valence-electron chi connectivity index (χ2n) is 10.1. The van der Waals surface area contributed by atoms with Gasteiger partial charge in [0, 0.05) is 11.8 Å². The van der Waals surface area contributed by atoms with E-state index in [9.17, 15) is 29.0 Å². The zero-order valence-corrected chi connectivity index (χ0v) is 24.9. The van der Waals surface area contributed by atoms with E-state index in [0.717, 1.165) is 22.8 Å². The van der Waals surface area contributed by atoms with Gasteiger partial charge in [-0.15, -0.1) is 0 Å². The van der Waals surface area contributed by atoms with Crippen molar-refractivity contribution in [3.8, 4) is 23.0 Å². The van der Waals surface area contributed by atoms with Crippen molar-refractivity contribution in [3.63, 3.8) is 0 Å². The Labute approximate surface area is 249 Å². The molecule has 228 valence electrons. The van der Waals surface area contributed by atoms with Crippen LogP contribution in [0.25, 0.3) is 0 Å². The van der Waals surface area contributed by atoms with Crippen molar-refractivity contribution in [1.29, 1.82) is 0 Å². The monoisotopic (exact) mass is 629 g/mol. The van der Waals surface area contributed by atoms with E-state index in [1.54, 1.807) is 36.4 Å². The molecule has 0 aliphatic heterocycles. The van der Waals surface area contributed by atoms with Crippen molar-refractivity contribution >= 4 is 21.4 Å². The fourth-order valence-electron chi connectivity index (χ4n) is 4.72. The average Bonchev–Trinajstić information content (AvgIpc) is 2.90. The zero-order chi connectivity index (χ0) is 31.0. The minimum atomic E-state index is -4.81. The van der Waals surface area contributed by atoms with Gasteiger partial charge in [0.1, 0.15) is 23.0 Å². The van der Waals surface area contributed by atoms with E-state index in [1.807, 2.05) is 12.1 Å². The number of phosphoric acid groups is 1. The van der Waals surface area contributed by atoms with E-state index >= 15 is 0 Å². The number of carbonyl (C=O) groups excluding carboxylic acids is 1. The molecule has 3 aromatic carbocycles. The maximum absolute atomic E-state index is 13.1. The van der Waals surface area contributed by atoms with Gasteiger partial charge in [0.05, 0.1) is 6.42 Å². The van der Waals surface area contributed by atoms with E-state index < -0.39 is 15.6 Å². The van der Waals surface area contributed by atoms with Gasteiger partial charge in [-0.2, -0.15) is 0 Å². The molecule has 0 radical (unpaired) electrons. The van der Waals surface area contributed by atoms with E-state index in [0.29, 0.717) is 49.8 Å². The third-order valence-electron chi connectivity index (χ3n) is 6.61. The molecule has 0 saturated carbocycles. The minimum absolute atomic E-state index is 0.0586. The Balaban J connectivity index is 1.37. The highest BCUT2D eigenvalue weighted by Crippen LogP contribution is 2.42. The summed E-state index contributed by atoms with van der Waals surface area (Å²) in [6.07, 6.45) is 6.36. The highest BCUT2D eigenvalue weighted by molar-refractivity contribution is 7.51. The van der Waals surface area contributed by atoms with Gasteiger partial charge in [-0.3, -0.25) is 24.6 Å².